The minimum absolute atomic E-state index is 0.792. The van der Waals surface area contributed by atoms with Crippen LogP contribution in [0.4, 0.5) is 0 Å². The molecule has 1 aliphatic rings. The molecule has 1 aliphatic carbocycles. The third-order valence-electron chi connectivity index (χ3n) is 1.62. The highest BCUT2D eigenvalue weighted by Crippen LogP contribution is 2.14. The predicted octanol–water partition coefficient (Wildman–Crippen LogP) is 1.09. The molecule has 0 amide bonds. The summed E-state index contributed by atoms with van der Waals surface area (Å²) in [6.45, 7) is 3.78. The zero-order valence-corrected chi connectivity index (χ0v) is 6.58. The first-order valence-electron chi connectivity index (χ1n) is 3.51. The number of hydrogen-bond donors (Lipinski definition) is 1. The maximum absolute atomic E-state index is 9.20. The van der Waals surface area contributed by atoms with E-state index in [0.29, 0.717) is 0 Å². The van der Waals surface area contributed by atoms with Gasteiger partial charge in [-0.15, -0.1) is 0 Å². The minimum atomic E-state index is -0.792. The van der Waals surface area contributed by atoms with Crippen LogP contribution in [-0.4, -0.2) is 19.3 Å². The van der Waals surface area contributed by atoms with Crippen LogP contribution in [-0.2, 0) is 4.65 Å². The quantitative estimate of drug-likeness (QED) is 0.597. The van der Waals surface area contributed by atoms with Crippen LogP contribution in [0.1, 0.15) is 6.42 Å². The Morgan fingerprint density at radius 1 is 1.64 bits per heavy atom. The molecule has 2 nitrogen and oxygen atoms in total. The van der Waals surface area contributed by atoms with E-state index < -0.39 is 7.12 Å². The van der Waals surface area contributed by atoms with Crippen molar-refractivity contribution < 1.29 is 9.68 Å². The van der Waals surface area contributed by atoms with Gasteiger partial charge < -0.3 is 9.68 Å². The highest BCUT2D eigenvalue weighted by atomic mass is 16.5. The van der Waals surface area contributed by atoms with E-state index >= 15 is 0 Å². The van der Waals surface area contributed by atoms with Gasteiger partial charge in [-0.2, -0.15) is 0 Å². The van der Waals surface area contributed by atoms with E-state index in [0.717, 1.165) is 17.5 Å². The lowest BCUT2D eigenvalue weighted by molar-refractivity contribution is 0.337. The summed E-state index contributed by atoms with van der Waals surface area (Å²) >= 11 is 0. The predicted molar refractivity (Wildman–Crippen MR) is 46.0 cm³/mol. The van der Waals surface area contributed by atoms with Gasteiger partial charge in [0.1, 0.15) is 0 Å². The van der Waals surface area contributed by atoms with Crippen LogP contribution in [0.2, 0.25) is 0 Å². The molecule has 1 N–H and O–H groups in total. The fourth-order valence-corrected chi connectivity index (χ4v) is 0.918. The maximum atomic E-state index is 9.20. The minimum Gasteiger partial charge on any atom is -0.423 e. The van der Waals surface area contributed by atoms with E-state index in [-0.39, 0.29) is 0 Å². The van der Waals surface area contributed by atoms with Gasteiger partial charge in [-0.1, -0.05) is 30.4 Å². The molecule has 1 rings (SSSR count). The third-order valence-corrected chi connectivity index (χ3v) is 1.62. The van der Waals surface area contributed by atoms with Crippen LogP contribution >= 0.6 is 0 Å². The van der Waals surface area contributed by atoms with Gasteiger partial charge in [0.05, 0.1) is 0 Å². The van der Waals surface area contributed by atoms with Crippen molar-refractivity contribution in [3.63, 3.8) is 0 Å². The molecule has 0 aromatic rings. The van der Waals surface area contributed by atoms with Crippen molar-refractivity contribution in [3.05, 3.63) is 35.9 Å². The van der Waals surface area contributed by atoms with Crippen molar-refractivity contribution in [2.75, 3.05) is 7.11 Å². The first-order valence-corrected chi connectivity index (χ1v) is 3.51. The molecule has 3 heteroatoms. The summed E-state index contributed by atoms with van der Waals surface area (Å²) in [5.74, 6) is 0. The molecule has 58 valence electrons. The Labute approximate surface area is 67.0 Å². The molecule has 0 aromatic carbocycles. The van der Waals surface area contributed by atoms with Gasteiger partial charge in [0.25, 0.3) is 0 Å². The van der Waals surface area contributed by atoms with Gasteiger partial charge in [0.15, 0.2) is 0 Å². The van der Waals surface area contributed by atoms with Crippen LogP contribution in [0.3, 0.4) is 0 Å². The molecule has 0 bridgehead atoms. The topological polar surface area (TPSA) is 29.5 Å². The van der Waals surface area contributed by atoms with Crippen LogP contribution in [0.5, 0.6) is 0 Å². The molecule has 0 unspecified atom stereocenters. The van der Waals surface area contributed by atoms with E-state index in [1.165, 1.54) is 7.11 Å². The van der Waals surface area contributed by atoms with Crippen LogP contribution in [0, 0.1) is 0 Å². The van der Waals surface area contributed by atoms with Crippen molar-refractivity contribution in [1.29, 1.82) is 0 Å². The molecule has 0 saturated carbocycles. The van der Waals surface area contributed by atoms with Crippen molar-refractivity contribution in [3.8, 4) is 0 Å². The highest BCUT2D eigenvalue weighted by Gasteiger charge is 2.16. The number of hydrogen-bond acceptors (Lipinski definition) is 2. The lowest BCUT2D eigenvalue weighted by Gasteiger charge is -2.09. The molecule has 0 heterocycles. The second kappa shape index (κ2) is 3.55. The van der Waals surface area contributed by atoms with Gasteiger partial charge in [-0.05, 0) is 11.9 Å². The molecule has 0 spiro atoms. The maximum Gasteiger partial charge on any atom is 0.490 e. The smallest absolute Gasteiger partial charge is 0.423 e. The standard InChI is InChI=1S/C8H11BO2/c1-7-3-5-8(6-4-7)9(10)11-2/h3,5-6,10H,1,4H2,2H3. The highest BCUT2D eigenvalue weighted by molar-refractivity contribution is 6.53. The lowest BCUT2D eigenvalue weighted by atomic mass is 9.76. The Bertz CT molecular complexity index is 218. The second-order valence-electron chi connectivity index (χ2n) is 2.49. The summed E-state index contributed by atoms with van der Waals surface area (Å²) in [5, 5.41) is 9.20. The van der Waals surface area contributed by atoms with E-state index in [1.807, 2.05) is 18.2 Å². The van der Waals surface area contributed by atoms with Crippen LogP contribution in [0.15, 0.2) is 35.9 Å². The first kappa shape index (κ1) is 8.30. The molecule has 0 fully saturated rings. The average Bonchev–Trinajstić information content (AvgIpc) is 2.05. The van der Waals surface area contributed by atoms with E-state index in [2.05, 4.69) is 6.58 Å². The molecule has 0 aliphatic heterocycles. The van der Waals surface area contributed by atoms with Gasteiger partial charge in [-0.3, -0.25) is 0 Å². The Morgan fingerprint density at radius 3 is 2.82 bits per heavy atom. The fourth-order valence-electron chi connectivity index (χ4n) is 0.918. The van der Waals surface area contributed by atoms with Crippen LogP contribution < -0.4 is 0 Å². The van der Waals surface area contributed by atoms with Crippen molar-refractivity contribution >= 4 is 7.12 Å². The zero-order valence-electron chi connectivity index (χ0n) is 6.58. The van der Waals surface area contributed by atoms with Gasteiger partial charge in [-0.25, -0.2) is 0 Å². The number of allylic oxidation sites excluding steroid dienone is 5. The summed E-state index contributed by atoms with van der Waals surface area (Å²) in [5.41, 5.74) is 1.86. The molecule has 0 saturated heterocycles. The van der Waals surface area contributed by atoms with Crippen LogP contribution in [0.25, 0.3) is 0 Å². The number of rotatable bonds is 2. The SMILES string of the molecule is C=C1C=CC(B(O)OC)=CC1. The Balaban J connectivity index is 2.62. The Kier molecular flexibility index (Phi) is 2.68. The average molecular weight is 150 g/mol. The summed E-state index contributed by atoms with van der Waals surface area (Å²) in [4.78, 5) is 0. The lowest BCUT2D eigenvalue weighted by Crippen LogP contribution is -2.18. The second-order valence-corrected chi connectivity index (χ2v) is 2.49. The van der Waals surface area contributed by atoms with E-state index in [4.69, 9.17) is 4.65 Å². The molecular formula is C8H11BO2. The van der Waals surface area contributed by atoms with Gasteiger partial charge >= 0.3 is 7.12 Å². The molecule has 0 radical (unpaired) electrons. The largest absolute Gasteiger partial charge is 0.490 e. The van der Waals surface area contributed by atoms with Crippen molar-refractivity contribution in [1.82, 2.24) is 0 Å². The monoisotopic (exact) mass is 150 g/mol. The third kappa shape index (κ3) is 2.07. The van der Waals surface area contributed by atoms with Gasteiger partial charge in [0, 0.05) is 7.11 Å². The summed E-state index contributed by atoms with van der Waals surface area (Å²) in [6, 6.07) is 0. The summed E-state index contributed by atoms with van der Waals surface area (Å²) in [7, 11) is 0.683. The first-order chi connectivity index (χ1) is 5.24. The summed E-state index contributed by atoms with van der Waals surface area (Å²) < 4.78 is 4.73. The van der Waals surface area contributed by atoms with E-state index in [9.17, 15) is 5.02 Å². The fraction of sp³-hybridized carbons (Fsp3) is 0.250. The van der Waals surface area contributed by atoms with Gasteiger partial charge in [0.2, 0.25) is 0 Å². The Morgan fingerprint density at radius 2 is 2.36 bits per heavy atom. The Hall–Kier alpha value is -0.795. The molecule has 0 atom stereocenters. The molecule has 11 heavy (non-hydrogen) atoms. The van der Waals surface area contributed by atoms with E-state index in [1.54, 1.807) is 0 Å². The summed E-state index contributed by atoms with van der Waals surface area (Å²) in [6.07, 6.45) is 6.42. The normalized spacial score (nSPS) is 16.5. The molecule has 0 aromatic heterocycles. The van der Waals surface area contributed by atoms with Crippen molar-refractivity contribution in [2.45, 2.75) is 6.42 Å². The van der Waals surface area contributed by atoms with Crippen molar-refractivity contribution in [2.24, 2.45) is 0 Å². The zero-order chi connectivity index (χ0) is 8.27. The molecular weight excluding hydrogens is 139 g/mol.